The highest BCUT2D eigenvalue weighted by molar-refractivity contribution is 5.98. The van der Waals surface area contributed by atoms with E-state index in [-0.39, 0.29) is 24.3 Å². The fraction of sp³-hybridized carbons (Fsp3) is 0.238. The number of carbonyl (C=O) groups excluding carboxylic acids is 2. The van der Waals surface area contributed by atoms with E-state index in [0.717, 1.165) is 11.3 Å². The van der Waals surface area contributed by atoms with Crippen molar-refractivity contribution in [2.24, 2.45) is 0 Å². The lowest BCUT2D eigenvalue weighted by Gasteiger charge is -2.22. The van der Waals surface area contributed by atoms with Crippen LogP contribution in [0, 0.1) is 0 Å². The van der Waals surface area contributed by atoms with Gasteiger partial charge in [-0.15, -0.1) is 0 Å². The molecule has 0 bridgehead atoms. The fourth-order valence-corrected chi connectivity index (χ4v) is 3.24. The third-order valence-corrected chi connectivity index (χ3v) is 4.54. The number of anilines is 1. The Kier molecular flexibility index (Phi) is 4.78. The number of ether oxygens (including phenoxy) is 2. The maximum Gasteiger partial charge on any atom is 0.244 e. The molecular formula is C21H20N2O4. The monoisotopic (exact) mass is 364 g/mol. The zero-order chi connectivity index (χ0) is 18.6. The van der Waals surface area contributed by atoms with Crippen LogP contribution >= 0.6 is 0 Å². The molecule has 2 amide bonds. The van der Waals surface area contributed by atoms with Crippen molar-refractivity contribution in [3.05, 3.63) is 60.2 Å². The van der Waals surface area contributed by atoms with E-state index in [1.807, 2.05) is 48.5 Å². The minimum absolute atomic E-state index is 0.0241. The van der Waals surface area contributed by atoms with Crippen LogP contribution in [0.1, 0.15) is 12.0 Å². The van der Waals surface area contributed by atoms with Crippen LogP contribution in [0.3, 0.4) is 0 Å². The SMILES string of the molecule is O=C(/C=C\c1ccccc1)NC1CC(=O)N(c2ccc3c(c2)OCCO3)C1. The molecule has 4 rings (SSSR count). The molecule has 1 saturated heterocycles. The Labute approximate surface area is 157 Å². The van der Waals surface area contributed by atoms with Crippen molar-refractivity contribution in [2.45, 2.75) is 12.5 Å². The second-order valence-corrected chi connectivity index (χ2v) is 6.49. The maximum atomic E-state index is 12.4. The van der Waals surface area contributed by atoms with Gasteiger partial charge in [-0.3, -0.25) is 9.59 Å². The van der Waals surface area contributed by atoms with Crippen LogP contribution in [0.15, 0.2) is 54.6 Å². The predicted octanol–water partition coefficient (Wildman–Crippen LogP) is 2.39. The zero-order valence-electron chi connectivity index (χ0n) is 14.8. The highest BCUT2D eigenvalue weighted by Gasteiger charge is 2.32. The molecule has 6 heteroatoms. The topological polar surface area (TPSA) is 67.9 Å². The van der Waals surface area contributed by atoms with Crippen LogP contribution < -0.4 is 19.7 Å². The molecule has 2 aliphatic rings. The first kappa shape index (κ1) is 17.1. The van der Waals surface area contributed by atoms with Crippen LogP contribution in [0.25, 0.3) is 6.08 Å². The van der Waals surface area contributed by atoms with Crippen molar-refractivity contribution in [2.75, 3.05) is 24.7 Å². The number of nitrogens with one attached hydrogen (secondary N) is 1. The summed E-state index contributed by atoms with van der Waals surface area (Å²) in [5.41, 5.74) is 1.70. The quantitative estimate of drug-likeness (QED) is 0.846. The molecular weight excluding hydrogens is 344 g/mol. The number of nitrogens with zero attached hydrogens (tertiary/aromatic N) is 1. The summed E-state index contributed by atoms with van der Waals surface area (Å²) < 4.78 is 11.1. The van der Waals surface area contributed by atoms with Gasteiger partial charge in [-0.05, 0) is 23.8 Å². The Morgan fingerprint density at radius 3 is 2.67 bits per heavy atom. The van der Waals surface area contributed by atoms with Crippen molar-refractivity contribution in [3.63, 3.8) is 0 Å². The Morgan fingerprint density at radius 2 is 1.85 bits per heavy atom. The number of carbonyl (C=O) groups is 2. The van der Waals surface area contributed by atoms with Gasteiger partial charge in [-0.25, -0.2) is 0 Å². The van der Waals surface area contributed by atoms with Gasteiger partial charge in [-0.1, -0.05) is 30.3 Å². The van der Waals surface area contributed by atoms with Crippen LogP contribution in [0.5, 0.6) is 11.5 Å². The van der Waals surface area contributed by atoms with Crippen LogP contribution in [-0.2, 0) is 9.59 Å². The van der Waals surface area contributed by atoms with Crippen molar-refractivity contribution in [1.82, 2.24) is 5.32 Å². The van der Waals surface area contributed by atoms with Gasteiger partial charge in [0.15, 0.2) is 11.5 Å². The van der Waals surface area contributed by atoms with E-state index in [1.54, 1.807) is 11.0 Å². The smallest absolute Gasteiger partial charge is 0.244 e. The lowest BCUT2D eigenvalue weighted by molar-refractivity contribution is -0.117. The Balaban J connectivity index is 1.39. The standard InChI is InChI=1S/C21H20N2O4/c24-20(9-6-15-4-2-1-3-5-15)22-16-12-21(25)23(14-16)17-7-8-18-19(13-17)27-11-10-26-18/h1-9,13,16H,10-12,14H2,(H,22,24)/b9-6-. The average Bonchev–Trinajstić information content (AvgIpc) is 3.07. The van der Waals surface area contributed by atoms with Gasteiger partial charge in [0.1, 0.15) is 13.2 Å². The molecule has 2 heterocycles. The number of hydrogen-bond donors (Lipinski definition) is 1. The Morgan fingerprint density at radius 1 is 1.07 bits per heavy atom. The summed E-state index contributed by atoms with van der Waals surface area (Å²) in [6.45, 7) is 1.46. The van der Waals surface area contributed by atoms with E-state index >= 15 is 0 Å². The minimum atomic E-state index is -0.223. The van der Waals surface area contributed by atoms with Crippen molar-refractivity contribution < 1.29 is 19.1 Å². The highest BCUT2D eigenvalue weighted by Crippen LogP contribution is 2.35. The molecule has 6 nitrogen and oxygen atoms in total. The summed E-state index contributed by atoms with van der Waals surface area (Å²) in [4.78, 5) is 26.2. The first-order valence-electron chi connectivity index (χ1n) is 8.93. The van der Waals surface area contributed by atoms with Gasteiger partial charge in [0, 0.05) is 30.8 Å². The van der Waals surface area contributed by atoms with Crippen LogP contribution in [-0.4, -0.2) is 37.6 Å². The van der Waals surface area contributed by atoms with Crippen molar-refractivity contribution in [3.8, 4) is 11.5 Å². The average molecular weight is 364 g/mol. The van der Waals surface area contributed by atoms with E-state index in [9.17, 15) is 9.59 Å². The molecule has 0 saturated carbocycles. The fourth-order valence-electron chi connectivity index (χ4n) is 3.24. The van der Waals surface area contributed by atoms with E-state index in [4.69, 9.17) is 9.47 Å². The molecule has 27 heavy (non-hydrogen) atoms. The van der Waals surface area contributed by atoms with Crippen LogP contribution in [0.4, 0.5) is 5.69 Å². The molecule has 0 radical (unpaired) electrons. The number of amides is 2. The molecule has 138 valence electrons. The Bertz CT molecular complexity index is 879. The number of benzene rings is 2. The third-order valence-electron chi connectivity index (χ3n) is 4.54. The molecule has 0 spiro atoms. The summed E-state index contributed by atoms with van der Waals surface area (Å²) in [6, 6.07) is 14.8. The van der Waals surface area contributed by atoms with Gasteiger partial charge < -0.3 is 19.7 Å². The first-order valence-corrected chi connectivity index (χ1v) is 8.93. The maximum absolute atomic E-state index is 12.4. The van der Waals surface area contributed by atoms with Crippen LogP contribution in [0.2, 0.25) is 0 Å². The van der Waals surface area contributed by atoms with E-state index in [1.165, 1.54) is 6.08 Å². The molecule has 1 fully saturated rings. The second kappa shape index (κ2) is 7.53. The lowest BCUT2D eigenvalue weighted by atomic mass is 10.2. The number of rotatable bonds is 4. The molecule has 1 atom stereocenters. The van der Waals surface area contributed by atoms with Crippen molar-refractivity contribution in [1.29, 1.82) is 0 Å². The molecule has 0 aliphatic carbocycles. The molecule has 1 N–H and O–H groups in total. The second-order valence-electron chi connectivity index (χ2n) is 6.49. The molecule has 2 aromatic rings. The Hall–Kier alpha value is -3.28. The summed E-state index contributed by atoms with van der Waals surface area (Å²) in [5, 5.41) is 2.90. The highest BCUT2D eigenvalue weighted by atomic mass is 16.6. The molecule has 2 aliphatic heterocycles. The normalized spacial score (nSPS) is 18.7. The van der Waals surface area contributed by atoms with E-state index in [0.29, 0.717) is 31.3 Å². The largest absolute Gasteiger partial charge is 0.486 e. The summed E-state index contributed by atoms with van der Waals surface area (Å²) in [5.74, 6) is 1.10. The molecule has 2 aromatic carbocycles. The first-order chi connectivity index (χ1) is 13.2. The minimum Gasteiger partial charge on any atom is -0.486 e. The van der Waals surface area contributed by atoms with Crippen molar-refractivity contribution >= 4 is 23.6 Å². The summed E-state index contributed by atoms with van der Waals surface area (Å²) in [6.07, 6.45) is 3.52. The predicted molar refractivity (Wildman–Crippen MR) is 102 cm³/mol. The van der Waals surface area contributed by atoms with Gasteiger partial charge >= 0.3 is 0 Å². The number of fused-ring (bicyclic) bond motifs is 1. The number of hydrogen-bond acceptors (Lipinski definition) is 4. The molecule has 1 unspecified atom stereocenters. The third kappa shape index (κ3) is 3.95. The van der Waals surface area contributed by atoms with Gasteiger partial charge in [0.05, 0.1) is 6.04 Å². The van der Waals surface area contributed by atoms with Gasteiger partial charge in [0.2, 0.25) is 11.8 Å². The lowest BCUT2D eigenvalue weighted by Crippen LogP contribution is -2.36. The van der Waals surface area contributed by atoms with E-state index < -0.39 is 0 Å². The van der Waals surface area contributed by atoms with Gasteiger partial charge in [0.25, 0.3) is 0 Å². The van der Waals surface area contributed by atoms with Gasteiger partial charge in [-0.2, -0.15) is 0 Å². The summed E-state index contributed by atoms with van der Waals surface area (Å²) >= 11 is 0. The zero-order valence-corrected chi connectivity index (χ0v) is 14.8. The summed E-state index contributed by atoms with van der Waals surface area (Å²) in [7, 11) is 0. The molecule has 0 aromatic heterocycles. The van der Waals surface area contributed by atoms with E-state index in [2.05, 4.69) is 5.32 Å².